The molecule has 1 N–H and O–H groups in total. The molecule has 1 aromatic carbocycles. The molecule has 30 heavy (non-hydrogen) atoms. The molecule has 4 heterocycles. The van der Waals surface area contributed by atoms with Crippen LogP contribution in [0.4, 0.5) is 5.69 Å². The number of carbonyl (C=O) groups excluding carboxylic acids is 1. The largest absolute Gasteiger partial charge is 0.458 e. The number of fused-ring (bicyclic) bond motifs is 5. The van der Waals surface area contributed by atoms with Gasteiger partial charge >= 0.3 is 11.7 Å². The van der Waals surface area contributed by atoms with Crippen molar-refractivity contribution in [2.24, 2.45) is 0 Å². The van der Waals surface area contributed by atoms with Gasteiger partial charge in [0.25, 0.3) is 5.56 Å². The first kappa shape index (κ1) is 18.4. The van der Waals surface area contributed by atoms with E-state index in [0.29, 0.717) is 16.8 Å². The van der Waals surface area contributed by atoms with Crippen LogP contribution in [0.3, 0.4) is 0 Å². The molecule has 0 saturated heterocycles. The predicted molar refractivity (Wildman–Crippen MR) is 106 cm³/mol. The van der Waals surface area contributed by atoms with Crippen molar-refractivity contribution in [1.29, 1.82) is 0 Å². The summed E-state index contributed by atoms with van der Waals surface area (Å²) in [6.07, 6.45) is -0.167. The molecule has 1 atom stereocenters. The third-order valence-corrected chi connectivity index (χ3v) is 6.15. The fourth-order valence-electron chi connectivity index (χ4n) is 4.55. The lowest BCUT2D eigenvalue weighted by atomic mass is 9.84. The molecule has 0 spiro atoms. The van der Waals surface area contributed by atoms with Crippen LogP contribution in [0.5, 0.6) is 0 Å². The van der Waals surface area contributed by atoms with E-state index in [1.807, 2.05) is 25.1 Å². The number of nitrogens with zero attached hydrogens (tertiary/aromatic N) is 3. The van der Waals surface area contributed by atoms with Crippen LogP contribution in [0.25, 0.3) is 22.3 Å². The zero-order chi connectivity index (χ0) is 21.4. The molecule has 0 saturated carbocycles. The fraction of sp³-hybridized carbons (Fsp3) is 0.286. The molecule has 2 aliphatic rings. The van der Waals surface area contributed by atoms with Gasteiger partial charge in [0, 0.05) is 10.9 Å². The number of para-hydroxylation sites is 1. The quantitative estimate of drug-likeness (QED) is 0.307. The van der Waals surface area contributed by atoms with Crippen LogP contribution in [0, 0.1) is 17.0 Å². The van der Waals surface area contributed by atoms with Gasteiger partial charge < -0.3 is 9.84 Å². The molecule has 152 valence electrons. The summed E-state index contributed by atoms with van der Waals surface area (Å²) in [5.41, 5.74) is -1.01. The molecule has 9 nitrogen and oxygen atoms in total. The van der Waals surface area contributed by atoms with Crippen molar-refractivity contribution in [2.45, 2.75) is 39.0 Å². The van der Waals surface area contributed by atoms with E-state index in [9.17, 15) is 24.8 Å². The number of aromatic nitrogens is 2. The van der Waals surface area contributed by atoms with E-state index in [1.165, 1.54) is 11.5 Å². The van der Waals surface area contributed by atoms with Gasteiger partial charge in [-0.1, -0.05) is 25.1 Å². The highest BCUT2D eigenvalue weighted by atomic mass is 16.6. The minimum absolute atomic E-state index is 0.0224. The van der Waals surface area contributed by atoms with Crippen LogP contribution in [-0.2, 0) is 28.3 Å². The molecule has 3 aromatic rings. The lowest BCUT2D eigenvalue weighted by molar-refractivity contribution is -0.386. The Morgan fingerprint density at radius 3 is 2.73 bits per heavy atom. The Balaban J connectivity index is 1.96. The first-order chi connectivity index (χ1) is 14.3. The van der Waals surface area contributed by atoms with Crippen molar-refractivity contribution >= 4 is 22.6 Å². The molecular formula is C21H17N3O6. The minimum Gasteiger partial charge on any atom is -0.458 e. The van der Waals surface area contributed by atoms with E-state index in [2.05, 4.69) is 4.98 Å². The number of cyclic esters (lactones) is 1. The minimum atomic E-state index is -2.26. The molecule has 9 heteroatoms. The molecule has 5 rings (SSSR count). The third kappa shape index (κ3) is 2.12. The number of aryl methyl sites for hydroxylation is 1. The van der Waals surface area contributed by atoms with Gasteiger partial charge in [0.1, 0.15) is 12.3 Å². The summed E-state index contributed by atoms with van der Waals surface area (Å²) >= 11 is 0. The van der Waals surface area contributed by atoms with Crippen LogP contribution in [-0.4, -0.2) is 25.6 Å². The number of hydrogen-bond acceptors (Lipinski definition) is 7. The van der Waals surface area contributed by atoms with Crippen molar-refractivity contribution in [3.05, 3.63) is 67.0 Å². The Kier molecular flexibility index (Phi) is 3.66. The van der Waals surface area contributed by atoms with Crippen molar-refractivity contribution in [2.75, 3.05) is 0 Å². The SMILES string of the molecule is CCC1(O)C(=O)OCc2c1c([N+](=O)[O-])c1n(c2=O)Cc2c-1nc1ccccc1c2C. The summed E-state index contributed by atoms with van der Waals surface area (Å²) in [6, 6.07) is 7.40. The standard InChI is InChI=1S/C21H17N3O6/c1-3-21(27)15-13(9-30-20(21)26)19(25)23-8-12-10(2)11-6-4-5-7-14(11)22-16(12)18(23)17(15)24(28)29/h4-7,27H,3,8-9H2,1-2H3. The van der Waals surface area contributed by atoms with Gasteiger partial charge in [-0.2, -0.15) is 0 Å². The number of hydrogen-bond donors (Lipinski definition) is 1. The first-order valence-electron chi connectivity index (χ1n) is 9.52. The van der Waals surface area contributed by atoms with Gasteiger partial charge in [-0.15, -0.1) is 0 Å². The topological polar surface area (TPSA) is 125 Å². The Bertz CT molecular complexity index is 1360. The monoisotopic (exact) mass is 407 g/mol. The fourth-order valence-corrected chi connectivity index (χ4v) is 4.55. The Morgan fingerprint density at radius 2 is 2.03 bits per heavy atom. The van der Waals surface area contributed by atoms with Crippen molar-refractivity contribution in [1.82, 2.24) is 9.55 Å². The van der Waals surface area contributed by atoms with Crippen LogP contribution in [0.15, 0.2) is 29.1 Å². The van der Waals surface area contributed by atoms with Crippen LogP contribution in [0.2, 0.25) is 0 Å². The van der Waals surface area contributed by atoms with Crippen LogP contribution in [0.1, 0.15) is 35.6 Å². The Morgan fingerprint density at radius 1 is 1.30 bits per heavy atom. The van der Waals surface area contributed by atoms with Gasteiger partial charge in [-0.05, 0) is 25.0 Å². The normalized spacial score (nSPS) is 19.2. The average Bonchev–Trinajstić information content (AvgIpc) is 3.11. The second kappa shape index (κ2) is 5.96. The summed E-state index contributed by atoms with van der Waals surface area (Å²) in [7, 11) is 0. The highest BCUT2D eigenvalue weighted by Crippen LogP contribution is 2.46. The number of rotatable bonds is 2. The van der Waals surface area contributed by atoms with Gasteiger partial charge in [-0.25, -0.2) is 9.78 Å². The Labute approximate surface area is 169 Å². The molecule has 0 radical (unpaired) electrons. The van der Waals surface area contributed by atoms with Crippen LogP contribution >= 0.6 is 0 Å². The van der Waals surface area contributed by atoms with E-state index < -0.39 is 34.3 Å². The van der Waals surface area contributed by atoms with Crippen molar-refractivity contribution in [3.63, 3.8) is 0 Å². The molecule has 0 aliphatic carbocycles. The third-order valence-electron chi connectivity index (χ3n) is 6.15. The van der Waals surface area contributed by atoms with E-state index in [4.69, 9.17) is 4.74 Å². The van der Waals surface area contributed by atoms with Gasteiger partial charge in [-0.3, -0.25) is 19.5 Å². The molecule has 0 fully saturated rings. The second-order valence-corrected chi connectivity index (χ2v) is 7.57. The molecule has 2 aromatic heterocycles. The maximum atomic E-state index is 13.3. The predicted octanol–water partition coefficient (Wildman–Crippen LogP) is 2.30. The average molecular weight is 407 g/mol. The summed E-state index contributed by atoms with van der Waals surface area (Å²) in [5, 5.41) is 24.1. The van der Waals surface area contributed by atoms with Gasteiger partial charge in [0.05, 0.1) is 33.8 Å². The lowest BCUT2D eigenvalue weighted by Gasteiger charge is -2.31. The second-order valence-electron chi connectivity index (χ2n) is 7.57. The van der Waals surface area contributed by atoms with Gasteiger partial charge in [0.15, 0.2) is 5.60 Å². The zero-order valence-electron chi connectivity index (χ0n) is 16.3. The number of benzene rings is 1. The number of esters is 1. The van der Waals surface area contributed by atoms with Gasteiger partial charge in [0.2, 0.25) is 0 Å². The van der Waals surface area contributed by atoms with E-state index in [1.54, 1.807) is 6.07 Å². The highest BCUT2D eigenvalue weighted by molar-refractivity contribution is 5.92. The smallest absolute Gasteiger partial charge is 0.343 e. The van der Waals surface area contributed by atoms with Crippen molar-refractivity contribution in [3.8, 4) is 11.4 Å². The summed E-state index contributed by atoms with van der Waals surface area (Å²) in [6.45, 7) is 3.11. The zero-order valence-corrected chi connectivity index (χ0v) is 16.3. The maximum absolute atomic E-state index is 13.3. The molecule has 1 unspecified atom stereocenters. The van der Waals surface area contributed by atoms with Crippen molar-refractivity contribution < 1.29 is 19.6 Å². The maximum Gasteiger partial charge on any atom is 0.343 e. The van der Waals surface area contributed by atoms with E-state index >= 15 is 0 Å². The Hall–Kier alpha value is -3.59. The summed E-state index contributed by atoms with van der Waals surface area (Å²) in [5.74, 6) is -0.995. The molecule has 2 aliphatic heterocycles. The molecule has 0 bridgehead atoms. The van der Waals surface area contributed by atoms with Crippen LogP contribution < -0.4 is 5.56 Å². The number of carbonyl (C=O) groups is 1. The summed E-state index contributed by atoms with van der Waals surface area (Å²) in [4.78, 5) is 41.8. The number of ether oxygens (including phenoxy) is 1. The summed E-state index contributed by atoms with van der Waals surface area (Å²) < 4.78 is 6.31. The number of aliphatic hydroxyl groups is 1. The van der Waals surface area contributed by atoms with E-state index in [0.717, 1.165) is 10.9 Å². The lowest BCUT2D eigenvalue weighted by Crippen LogP contribution is -2.45. The molecular weight excluding hydrogens is 390 g/mol. The van der Waals surface area contributed by atoms with E-state index in [-0.39, 0.29) is 29.8 Å². The highest BCUT2D eigenvalue weighted by Gasteiger charge is 2.51. The molecule has 0 amide bonds. The number of nitro groups is 1. The number of pyridine rings is 2. The first-order valence-corrected chi connectivity index (χ1v) is 9.52.